The van der Waals surface area contributed by atoms with Gasteiger partial charge in [0.25, 0.3) is 0 Å². The van der Waals surface area contributed by atoms with Crippen LogP contribution in [0.4, 0.5) is 9.93 Å². The fourth-order valence-electron chi connectivity index (χ4n) is 0.921. The topological polar surface area (TPSA) is 104 Å². The second-order valence-electron chi connectivity index (χ2n) is 3.43. The van der Waals surface area contributed by atoms with E-state index in [4.69, 9.17) is 5.11 Å². The first kappa shape index (κ1) is 13.4. The molecule has 1 heterocycles. The quantitative estimate of drug-likeness (QED) is 0.729. The highest BCUT2D eigenvalue weighted by molar-refractivity contribution is 7.15. The molecule has 0 aliphatic rings. The van der Waals surface area contributed by atoms with Gasteiger partial charge >= 0.3 is 12.0 Å². The summed E-state index contributed by atoms with van der Waals surface area (Å²) >= 11 is 1.29. The van der Waals surface area contributed by atoms with Gasteiger partial charge in [-0.15, -0.1) is 10.2 Å². The summed E-state index contributed by atoms with van der Waals surface area (Å²) in [7, 11) is 0. The van der Waals surface area contributed by atoms with E-state index in [9.17, 15) is 9.59 Å². The molecule has 17 heavy (non-hydrogen) atoms. The number of aromatic nitrogens is 2. The van der Waals surface area contributed by atoms with Crippen LogP contribution in [0.1, 0.15) is 18.9 Å². The van der Waals surface area contributed by atoms with Crippen LogP contribution < -0.4 is 10.6 Å². The standard InChI is InChI=1S/C9H14N4O3S/c1-3-6-12-13-9(17-6)11-8(16)10-4-5(2)7(14)15/h5H,3-4H2,1-2H3,(H,14,15)(H2,10,11,13,16). The number of carboxylic acid groups (broad SMARTS) is 1. The number of rotatable bonds is 5. The number of urea groups is 1. The van der Waals surface area contributed by atoms with Crippen molar-refractivity contribution in [1.29, 1.82) is 0 Å². The maximum absolute atomic E-state index is 11.4. The van der Waals surface area contributed by atoms with Gasteiger partial charge in [-0.25, -0.2) is 4.79 Å². The fraction of sp³-hybridized carbons (Fsp3) is 0.556. The van der Waals surface area contributed by atoms with Crippen LogP contribution in [0.3, 0.4) is 0 Å². The zero-order chi connectivity index (χ0) is 12.8. The average Bonchev–Trinajstić information content (AvgIpc) is 2.73. The molecule has 0 saturated carbocycles. The Morgan fingerprint density at radius 1 is 1.47 bits per heavy atom. The number of carbonyl (C=O) groups is 2. The molecule has 0 saturated heterocycles. The number of nitrogens with one attached hydrogen (secondary N) is 2. The first-order chi connectivity index (χ1) is 8.02. The number of nitrogens with zero attached hydrogens (tertiary/aromatic N) is 2. The van der Waals surface area contributed by atoms with E-state index in [2.05, 4.69) is 20.8 Å². The summed E-state index contributed by atoms with van der Waals surface area (Å²) in [6.07, 6.45) is 0.761. The summed E-state index contributed by atoms with van der Waals surface area (Å²) in [6, 6.07) is -0.475. The molecule has 8 heteroatoms. The molecule has 0 spiro atoms. The van der Waals surface area contributed by atoms with Crippen molar-refractivity contribution in [3.8, 4) is 0 Å². The lowest BCUT2D eigenvalue weighted by Gasteiger charge is -2.07. The molecule has 3 N–H and O–H groups in total. The molecular weight excluding hydrogens is 244 g/mol. The van der Waals surface area contributed by atoms with Crippen molar-refractivity contribution in [2.24, 2.45) is 5.92 Å². The Kier molecular flexibility index (Phi) is 4.83. The van der Waals surface area contributed by atoms with Crippen LogP contribution in [0.25, 0.3) is 0 Å². The fourth-order valence-corrected chi connectivity index (χ4v) is 1.60. The van der Waals surface area contributed by atoms with Gasteiger partial charge in [0.15, 0.2) is 0 Å². The Balaban J connectivity index is 2.37. The van der Waals surface area contributed by atoms with Crippen molar-refractivity contribution in [2.45, 2.75) is 20.3 Å². The van der Waals surface area contributed by atoms with Crippen molar-refractivity contribution in [3.63, 3.8) is 0 Å². The van der Waals surface area contributed by atoms with E-state index in [1.807, 2.05) is 6.92 Å². The molecule has 1 aromatic heterocycles. The van der Waals surface area contributed by atoms with Crippen LogP contribution in [-0.4, -0.2) is 33.8 Å². The second kappa shape index (κ2) is 6.14. The highest BCUT2D eigenvalue weighted by atomic mass is 32.1. The third-order valence-corrected chi connectivity index (χ3v) is 2.96. The van der Waals surface area contributed by atoms with Gasteiger partial charge in [-0.2, -0.15) is 0 Å². The molecule has 94 valence electrons. The maximum Gasteiger partial charge on any atom is 0.321 e. The summed E-state index contributed by atoms with van der Waals surface area (Å²) < 4.78 is 0. The SMILES string of the molecule is CCc1nnc(NC(=O)NCC(C)C(=O)O)s1. The highest BCUT2D eigenvalue weighted by Gasteiger charge is 2.13. The number of aryl methyl sites for hydroxylation is 1. The number of aliphatic carboxylic acids is 1. The summed E-state index contributed by atoms with van der Waals surface area (Å²) in [4.78, 5) is 21.9. The lowest BCUT2D eigenvalue weighted by molar-refractivity contribution is -0.140. The van der Waals surface area contributed by atoms with E-state index < -0.39 is 17.9 Å². The molecule has 7 nitrogen and oxygen atoms in total. The van der Waals surface area contributed by atoms with Crippen LogP contribution in [0, 0.1) is 5.92 Å². The number of carboxylic acids is 1. The first-order valence-corrected chi connectivity index (χ1v) is 5.94. The molecule has 0 aromatic carbocycles. The summed E-state index contributed by atoms with van der Waals surface area (Å²) in [5.41, 5.74) is 0. The monoisotopic (exact) mass is 258 g/mol. The number of carbonyl (C=O) groups excluding carboxylic acids is 1. The van der Waals surface area contributed by atoms with Crippen molar-refractivity contribution < 1.29 is 14.7 Å². The van der Waals surface area contributed by atoms with Gasteiger partial charge < -0.3 is 10.4 Å². The number of hydrogen-bond acceptors (Lipinski definition) is 5. The minimum Gasteiger partial charge on any atom is -0.481 e. The maximum atomic E-state index is 11.4. The lowest BCUT2D eigenvalue weighted by atomic mass is 10.2. The molecule has 1 atom stereocenters. The molecule has 1 rings (SSSR count). The second-order valence-corrected chi connectivity index (χ2v) is 4.49. The van der Waals surface area contributed by atoms with E-state index in [1.54, 1.807) is 0 Å². The molecule has 1 unspecified atom stereocenters. The van der Waals surface area contributed by atoms with Crippen molar-refractivity contribution in [3.05, 3.63) is 5.01 Å². The molecule has 1 aromatic rings. The number of hydrogen-bond donors (Lipinski definition) is 3. The van der Waals surface area contributed by atoms with Crippen LogP contribution in [0.2, 0.25) is 0 Å². The Morgan fingerprint density at radius 3 is 2.71 bits per heavy atom. The summed E-state index contributed by atoms with van der Waals surface area (Å²) in [5, 5.41) is 22.4. The zero-order valence-corrected chi connectivity index (χ0v) is 10.4. The molecule has 0 radical (unpaired) electrons. The summed E-state index contributed by atoms with van der Waals surface area (Å²) in [6.45, 7) is 3.53. The Hall–Kier alpha value is -1.70. The van der Waals surface area contributed by atoms with Crippen molar-refractivity contribution >= 4 is 28.5 Å². The predicted molar refractivity (Wildman–Crippen MR) is 63.1 cm³/mol. The smallest absolute Gasteiger partial charge is 0.321 e. The Labute approximate surface area is 102 Å². The number of amides is 2. The van der Waals surface area contributed by atoms with Crippen LogP contribution in [-0.2, 0) is 11.2 Å². The number of anilines is 1. The average molecular weight is 258 g/mol. The van der Waals surface area contributed by atoms with E-state index in [-0.39, 0.29) is 6.54 Å². The molecular formula is C9H14N4O3S. The Bertz CT molecular complexity index is 407. The van der Waals surface area contributed by atoms with Gasteiger partial charge in [0.1, 0.15) is 5.01 Å². The minimum atomic E-state index is -0.950. The molecule has 0 fully saturated rings. The van der Waals surface area contributed by atoms with E-state index >= 15 is 0 Å². The van der Waals surface area contributed by atoms with Gasteiger partial charge in [0, 0.05) is 6.54 Å². The van der Waals surface area contributed by atoms with E-state index in [0.29, 0.717) is 5.13 Å². The van der Waals surface area contributed by atoms with E-state index in [0.717, 1.165) is 11.4 Å². The molecule has 0 bridgehead atoms. The summed E-state index contributed by atoms with van der Waals surface area (Å²) in [5.74, 6) is -1.57. The van der Waals surface area contributed by atoms with E-state index in [1.165, 1.54) is 18.3 Å². The third-order valence-electron chi connectivity index (χ3n) is 1.98. The van der Waals surface area contributed by atoms with Gasteiger partial charge in [-0.1, -0.05) is 25.2 Å². The molecule has 0 aliphatic carbocycles. The zero-order valence-electron chi connectivity index (χ0n) is 9.56. The van der Waals surface area contributed by atoms with Crippen LogP contribution in [0.15, 0.2) is 0 Å². The molecule has 0 aliphatic heterocycles. The van der Waals surface area contributed by atoms with Crippen molar-refractivity contribution in [1.82, 2.24) is 15.5 Å². The van der Waals surface area contributed by atoms with Gasteiger partial charge in [0.05, 0.1) is 5.92 Å². The van der Waals surface area contributed by atoms with Crippen molar-refractivity contribution in [2.75, 3.05) is 11.9 Å². The van der Waals surface area contributed by atoms with Gasteiger partial charge in [0.2, 0.25) is 5.13 Å². The predicted octanol–water partition coefficient (Wildman–Crippen LogP) is 0.943. The molecule has 2 amide bonds. The largest absolute Gasteiger partial charge is 0.481 e. The Morgan fingerprint density at radius 2 is 2.18 bits per heavy atom. The van der Waals surface area contributed by atoms with Gasteiger partial charge in [-0.05, 0) is 6.42 Å². The van der Waals surface area contributed by atoms with Crippen LogP contribution in [0.5, 0.6) is 0 Å². The first-order valence-electron chi connectivity index (χ1n) is 5.13. The lowest BCUT2D eigenvalue weighted by Crippen LogP contribution is -2.34. The third kappa shape index (κ3) is 4.35. The normalized spacial score (nSPS) is 11.9. The van der Waals surface area contributed by atoms with Gasteiger partial charge in [-0.3, -0.25) is 10.1 Å². The minimum absolute atomic E-state index is 0.0700. The van der Waals surface area contributed by atoms with Crippen LogP contribution >= 0.6 is 11.3 Å². The highest BCUT2D eigenvalue weighted by Crippen LogP contribution is 2.14.